The van der Waals surface area contributed by atoms with E-state index in [1.807, 2.05) is 30.5 Å². The molecule has 0 bridgehead atoms. The van der Waals surface area contributed by atoms with Gasteiger partial charge in [-0.1, -0.05) is 25.1 Å². The molecular weight excluding hydrogens is 374 g/mol. The highest BCUT2D eigenvalue weighted by atomic mass is 16.3. The van der Waals surface area contributed by atoms with Gasteiger partial charge in [0.25, 0.3) is 5.56 Å². The summed E-state index contributed by atoms with van der Waals surface area (Å²) in [7, 11) is 2.72. The molecule has 9 heteroatoms. The number of amides is 1. The summed E-state index contributed by atoms with van der Waals surface area (Å²) in [5.41, 5.74) is 0.738. The minimum Gasteiger partial charge on any atom is -0.494 e. The number of hydrogen-bond acceptors (Lipinski definition) is 5. The van der Waals surface area contributed by atoms with Crippen LogP contribution in [0.2, 0.25) is 0 Å². The number of carbonyl (C=O) groups excluding carboxylic acids is 1. The van der Waals surface area contributed by atoms with Gasteiger partial charge in [0, 0.05) is 49.6 Å². The third-order valence-corrected chi connectivity index (χ3v) is 5.37. The van der Waals surface area contributed by atoms with E-state index < -0.39 is 23.2 Å². The van der Waals surface area contributed by atoms with Crippen LogP contribution in [-0.2, 0) is 18.9 Å². The first kappa shape index (κ1) is 18.7. The number of nitrogens with zero attached hydrogens (tertiary/aromatic N) is 4. The maximum atomic E-state index is 12.7. The van der Waals surface area contributed by atoms with Gasteiger partial charge in [-0.3, -0.25) is 18.7 Å². The zero-order valence-corrected chi connectivity index (χ0v) is 16.3. The van der Waals surface area contributed by atoms with Crippen LogP contribution in [-0.4, -0.2) is 35.9 Å². The molecule has 9 nitrogen and oxygen atoms in total. The molecule has 0 saturated carbocycles. The SMILES string of the molecule is CCC(=O)N1N=C(c2c(O)n(C)c(=O)n(C)c2=O)CC1c1c[nH]c2ccccc12. The van der Waals surface area contributed by atoms with Crippen LogP contribution in [0.25, 0.3) is 10.9 Å². The number of nitrogens with one attached hydrogen (secondary N) is 1. The summed E-state index contributed by atoms with van der Waals surface area (Å²) >= 11 is 0. The lowest BCUT2D eigenvalue weighted by Crippen LogP contribution is -2.39. The molecule has 1 aliphatic heterocycles. The Kier molecular flexibility index (Phi) is 4.37. The van der Waals surface area contributed by atoms with Crippen LogP contribution < -0.4 is 11.2 Å². The van der Waals surface area contributed by atoms with Crippen molar-refractivity contribution in [3.63, 3.8) is 0 Å². The van der Waals surface area contributed by atoms with Crippen molar-refractivity contribution in [2.75, 3.05) is 0 Å². The maximum Gasteiger partial charge on any atom is 0.333 e. The van der Waals surface area contributed by atoms with E-state index in [1.165, 1.54) is 19.1 Å². The van der Waals surface area contributed by atoms with E-state index in [2.05, 4.69) is 10.1 Å². The van der Waals surface area contributed by atoms with Crippen molar-refractivity contribution in [2.45, 2.75) is 25.8 Å². The lowest BCUT2D eigenvalue weighted by molar-refractivity contribution is -0.132. The van der Waals surface area contributed by atoms with Crippen LogP contribution in [0.1, 0.15) is 36.9 Å². The second-order valence-corrected chi connectivity index (χ2v) is 7.05. The van der Waals surface area contributed by atoms with Gasteiger partial charge in [0.05, 0.1) is 11.8 Å². The van der Waals surface area contributed by atoms with E-state index in [0.29, 0.717) is 0 Å². The van der Waals surface area contributed by atoms with E-state index >= 15 is 0 Å². The molecule has 4 rings (SSSR count). The van der Waals surface area contributed by atoms with Gasteiger partial charge in [0.1, 0.15) is 5.56 Å². The number of rotatable bonds is 3. The monoisotopic (exact) mass is 395 g/mol. The molecule has 29 heavy (non-hydrogen) atoms. The van der Waals surface area contributed by atoms with Gasteiger partial charge in [-0.05, 0) is 6.07 Å². The molecule has 3 aromatic rings. The molecule has 1 atom stereocenters. The summed E-state index contributed by atoms with van der Waals surface area (Å²) in [5.74, 6) is -0.656. The highest BCUT2D eigenvalue weighted by Gasteiger charge is 2.36. The van der Waals surface area contributed by atoms with Gasteiger partial charge < -0.3 is 10.1 Å². The normalized spacial score (nSPS) is 16.4. The zero-order chi connectivity index (χ0) is 20.9. The average molecular weight is 395 g/mol. The Balaban J connectivity index is 1.87. The summed E-state index contributed by atoms with van der Waals surface area (Å²) < 4.78 is 1.91. The minimum absolute atomic E-state index is 0.0640. The number of para-hydroxylation sites is 1. The van der Waals surface area contributed by atoms with Crippen LogP contribution in [0.4, 0.5) is 0 Å². The third kappa shape index (κ3) is 2.77. The number of aromatic nitrogens is 3. The van der Waals surface area contributed by atoms with Crippen molar-refractivity contribution in [2.24, 2.45) is 19.2 Å². The van der Waals surface area contributed by atoms with E-state index in [4.69, 9.17) is 0 Å². The first-order valence-electron chi connectivity index (χ1n) is 9.30. The fourth-order valence-electron chi connectivity index (χ4n) is 3.75. The van der Waals surface area contributed by atoms with Gasteiger partial charge in [-0.15, -0.1) is 0 Å². The van der Waals surface area contributed by atoms with E-state index in [-0.39, 0.29) is 30.0 Å². The number of fused-ring (bicyclic) bond motifs is 1. The largest absolute Gasteiger partial charge is 0.494 e. The highest BCUT2D eigenvalue weighted by molar-refractivity contribution is 6.05. The fourth-order valence-corrected chi connectivity index (χ4v) is 3.75. The van der Waals surface area contributed by atoms with Gasteiger partial charge in [0.2, 0.25) is 11.8 Å². The molecule has 3 heterocycles. The molecule has 0 aliphatic carbocycles. The van der Waals surface area contributed by atoms with Gasteiger partial charge in [-0.2, -0.15) is 5.10 Å². The average Bonchev–Trinajstić information content (AvgIpc) is 3.34. The van der Waals surface area contributed by atoms with Gasteiger partial charge in [0.15, 0.2) is 0 Å². The summed E-state index contributed by atoms with van der Waals surface area (Å²) in [6.45, 7) is 1.74. The van der Waals surface area contributed by atoms with Crippen molar-refractivity contribution in [1.82, 2.24) is 19.1 Å². The Morgan fingerprint density at radius 2 is 1.97 bits per heavy atom. The molecule has 0 saturated heterocycles. The zero-order valence-electron chi connectivity index (χ0n) is 16.3. The molecule has 1 amide bonds. The molecule has 0 radical (unpaired) electrons. The lowest BCUT2D eigenvalue weighted by atomic mass is 9.98. The number of benzene rings is 1. The third-order valence-electron chi connectivity index (χ3n) is 5.37. The summed E-state index contributed by atoms with van der Waals surface area (Å²) in [5, 5.41) is 17.2. The van der Waals surface area contributed by atoms with Crippen LogP contribution in [0.15, 0.2) is 45.2 Å². The molecule has 0 spiro atoms. The van der Waals surface area contributed by atoms with Crippen molar-refractivity contribution < 1.29 is 9.90 Å². The van der Waals surface area contributed by atoms with E-state index in [9.17, 15) is 19.5 Å². The maximum absolute atomic E-state index is 12.7. The Labute approximate surface area is 165 Å². The van der Waals surface area contributed by atoms with Gasteiger partial charge in [-0.25, -0.2) is 9.80 Å². The Bertz CT molecular complexity index is 1280. The predicted octanol–water partition coefficient (Wildman–Crippen LogP) is 1.36. The number of carbonyl (C=O) groups is 1. The predicted molar refractivity (Wildman–Crippen MR) is 108 cm³/mol. The number of aromatic amines is 1. The first-order chi connectivity index (χ1) is 13.8. The topological polar surface area (TPSA) is 113 Å². The number of H-pyrrole nitrogens is 1. The standard InChI is InChI=1S/C20H21N5O4/c1-4-16(26)25-15(12-10-21-13-8-6-5-7-11(12)13)9-14(22-25)17-18(27)23(2)20(29)24(3)19(17)28/h5-8,10,15,21,27H,4,9H2,1-3H3. The number of hydrazone groups is 1. The van der Waals surface area contributed by atoms with Crippen molar-refractivity contribution in [3.05, 3.63) is 62.4 Å². The molecule has 1 aromatic carbocycles. The smallest absolute Gasteiger partial charge is 0.333 e. The quantitative estimate of drug-likeness (QED) is 0.697. The molecule has 0 fully saturated rings. The Hall–Kier alpha value is -3.62. The molecule has 2 N–H and O–H groups in total. The van der Waals surface area contributed by atoms with Crippen LogP contribution in [0.5, 0.6) is 5.88 Å². The molecular formula is C20H21N5O4. The van der Waals surface area contributed by atoms with Crippen molar-refractivity contribution in [1.29, 1.82) is 0 Å². The summed E-state index contributed by atoms with van der Waals surface area (Å²) in [6, 6.07) is 7.30. The molecule has 1 aliphatic rings. The second-order valence-electron chi connectivity index (χ2n) is 7.05. The summed E-state index contributed by atoms with van der Waals surface area (Å²) in [4.78, 5) is 40.5. The van der Waals surface area contributed by atoms with Crippen LogP contribution in [0.3, 0.4) is 0 Å². The molecule has 1 unspecified atom stereocenters. The van der Waals surface area contributed by atoms with Crippen LogP contribution in [0, 0.1) is 0 Å². The molecule has 2 aromatic heterocycles. The summed E-state index contributed by atoms with van der Waals surface area (Å²) in [6.07, 6.45) is 2.32. The lowest BCUT2D eigenvalue weighted by Gasteiger charge is -2.20. The highest BCUT2D eigenvalue weighted by Crippen LogP contribution is 2.37. The van der Waals surface area contributed by atoms with E-state index in [0.717, 1.165) is 25.6 Å². The Morgan fingerprint density at radius 1 is 1.24 bits per heavy atom. The number of hydrogen-bond donors (Lipinski definition) is 2. The van der Waals surface area contributed by atoms with Crippen molar-refractivity contribution in [3.8, 4) is 5.88 Å². The number of aromatic hydroxyl groups is 1. The van der Waals surface area contributed by atoms with E-state index in [1.54, 1.807) is 6.92 Å². The fraction of sp³-hybridized carbons (Fsp3) is 0.300. The Morgan fingerprint density at radius 3 is 2.69 bits per heavy atom. The molecule has 150 valence electrons. The second kappa shape index (κ2) is 6.77. The van der Waals surface area contributed by atoms with Crippen molar-refractivity contribution >= 4 is 22.5 Å². The first-order valence-corrected chi connectivity index (χ1v) is 9.30. The van der Waals surface area contributed by atoms with Crippen LogP contribution >= 0.6 is 0 Å². The van der Waals surface area contributed by atoms with Gasteiger partial charge >= 0.3 is 5.69 Å². The minimum atomic E-state index is -0.646.